The van der Waals surface area contributed by atoms with E-state index >= 15 is 0 Å². The molecule has 0 heterocycles. The molecule has 8 heteroatoms. The molecule has 0 saturated heterocycles. The van der Waals surface area contributed by atoms with Gasteiger partial charge in [-0.2, -0.15) is 0 Å². The highest BCUT2D eigenvalue weighted by Gasteiger charge is 2.27. The minimum Gasteiger partial charge on any atom is -0.494 e. The third-order valence-electron chi connectivity index (χ3n) is 7.67. The molecule has 0 amide bonds. The Kier molecular flexibility index (Phi) is 21.4. The lowest BCUT2D eigenvalue weighted by Crippen LogP contribution is -2.42. The van der Waals surface area contributed by atoms with E-state index in [-0.39, 0.29) is 59.3 Å². The molecule has 2 N–H and O–H groups in total. The number of ketones is 2. The molecule has 0 spiro atoms. The normalized spacial score (nSPS) is 12.8. The van der Waals surface area contributed by atoms with E-state index in [2.05, 4.69) is 66.0 Å². The van der Waals surface area contributed by atoms with Crippen molar-refractivity contribution >= 4 is 36.4 Å². The lowest BCUT2D eigenvalue weighted by atomic mass is 9.85. The number of carbonyl (C=O) groups excluding carboxylic acids is 2. The summed E-state index contributed by atoms with van der Waals surface area (Å²) in [4.78, 5) is 27.6. The summed E-state index contributed by atoms with van der Waals surface area (Å²) >= 11 is 0. The maximum atomic E-state index is 13.8. The Bertz CT molecular complexity index is 1020. The fraction of sp³-hybridized carbons (Fsp3) is 0.632. The summed E-state index contributed by atoms with van der Waals surface area (Å²) in [5, 5.41) is 7.07. The van der Waals surface area contributed by atoms with Crippen molar-refractivity contribution in [1.82, 2.24) is 10.6 Å². The van der Waals surface area contributed by atoms with Crippen molar-refractivity contribution in [1.29, 1.82) is 0 Å². The number of nitrogens with one attached hydrogen (secondary N) is 2. The zero-order chi connectivity index (χ0) is 32.6. The summed E-state index contributed by atoms with van der Waals surface area (Å²) in [6.45, 7) is 19.5. The molecule has 262 valence electrons. The van der Waals surface area contributed by atoms with E-state index in [0.717, 1.165) is 50.0 Å². The summed E-state index contributed by atoms with van der Waals surface area (Å²) in [5.74, 6) is 1.26. The molecule has 0 radical (unpaired) electrons. The van der Waals surface area contributed by atoms with Gasteiger partial charge in [0.1, 0.15) is 11.5 Å². The minimum absolute atomic E-state index is 0. The molecule has 2 atom stereocenters. The number of hydrogen-bond acceptors (Lipinski definition) is 6. The molecule has 46 heavy (non-hydrogen) atoms. The second-order valence-corrected chi connectivity index (χ2v) is 14.1. The molecule has 0 aliphatic carbocycles. The van der Waals surface area contributed by atoms with Gasteiger partial charge in [-0.25, -0.2) is 0 Å². The minimum atomic E-state index is -0.255. The van der Waals surface area contributed by atoms with Crippen molar-refractivity contribution in [3.8, 4) is 11.5 Å². The highest BCUT2D eigenvalue weighted by Crippen LogP contribution is 2.24. The van der Waals surface area contributed by atoms with Crippen LogP contribution >= 0.6 is 24.8 Å². The summed E-state index contributed by atoms with van der Waals surface area (Å²) < 4.78 is 11.7. The van der Waals surface area contributed by atoms with Crippen LogP contribution in [0.15, 0.2) is 48.5 Å². The Hall–Kier alpha value is -2.12. The maximum Gasteiger partial charge on any atom is 0.167 e. The van der Waals surface area contributed by atoms with Crippen molar-refractivity contribution in [2.45, 2.75) is 118 Å². The Morgan fingerprint density at radius 3 is 1.20 bits per heavy atom. The van der Waals surface area contributed by atoms with Gasteiger partial charge in [0.25, 0.3) is 0 Å². The Morgan fingerprint density at radius 1 is 0.587 bits per heavy atom. The van der Waals surface area contributed by atoms with Crippen LogP contribution in [0.25, 0.3) is 0 Å². The lowest BCUT2D eigenvalue weighted by molar-refractivity contribution is 0.0858. The molecule has 0 bridgehead atoms. The molecule has 0 fully saturated rings. The first-order chi connectivity index (χ1) is 20.8. The highest BCUT2D eigenvalue weighted by atomic mass is 35.5. The molecule has 2 aromatic rings. The quantitative estimate of drug-likeness (QED) is 0.101. The molecular weight excluding hydrogens is 619 g/mol. The maximum absolute atomic E-state index is 13.8. The first-order valence-corrected chi connectivity index (χ1v) is 16.9. The Balaban J connectivity index is 0.0000101. The molecule has 2 unspecified atom stereocenters. The van der Waals surface area contributed by atoms with Crippen molar-refractivity contribution in [3.05, 3.63) is 59.7 Å². The van der Waals surface area contributed by atoms with Gasteiger partial charge in [-0.15, -0.1) is 24.8 Å². The SMILES string of the molecule is CCCCCOc1ccc(C(=O)C(CCC(CNC(C)(C)C)C(=O)c2ccc(OCCCCC)cc2)CNC(C)(C)C)cc1.Cl.Cl. The van der Waals surface area contributed by atoms with E-state index in [1.807, 2.05) is 48.5 Å². The van der Waals surface area contributed by atoms with Crippen molar-refractivity contribution in [2.24, 2.45) is 11.8 Å². The first kappa shape index (κ1) is 43.9. The molecular formula is C38H62Cl2N2O4. The zero-order valence-electron chi connectivity index (χ0n) is 29.7. The van der Waals surface area contributed by atoms with E-state index < -0.39 is 0 Å². The number of unbranched alkanes of at least 4 members (excludes halogenated alkanes) is 4. The highest BCUT2D eigenvalue weighted by molar-refractivity contribution is 5.99. The van der Waals surface area contributed by atoms with Gasteiger partial charge in [-0.1, -0.05) is 39.5 Å². The van der Waals surface area contributed by atoms with Gasteiger partial charge in [0.2, 0.25) is 0 Å². The second-order valence-electron chi connectivity index (χ2n) is 14.1. The third-order valence-corrected chi connectivity index (χ3v) is 7.67. The number of ether oxygens (including phenoxy) is 2. The van der Waals surface area contributed by atoms with E-state index in [1.54, 1.807) is 0 Å². The Morgan fingerprint density at radius 2 is 0.913 bits per heavy atom. The summed E-state index contributed by atoms with van der Waals surface area (Å²) in [6.07, 6.45) is 7.87. The second kappa shape index (κ2) is 22.4. The van der Waals surface area contributed by atoms with Crippen LogP contribution in [-0.4, -0.2) is 48.9 Å². The summed E-state index contributed by atoms with van der Waals surface area (Å²) in [5.41, 5.74) is 1.10. The molecule has 0 saturated carbocycles. The van der Waals surface area contributed by atoms with Crippen LogP contribution < -0.4 is 20.1 Å². The lowest BCUT2D eigenvalue weighted by Gasteiger charge is -2.28. The van der Waals surface area contributed by atoms with Crippen LogP contribution in [-0.2, 0) is 0 Å². The number of carbonyl (C=O) groups is 2. The fourth-order valence-corrected chi connectivity index (χ4v) is 4.90. The number of halogens is 2. The Labute approximate surface area is 292 Å². The van der Waals surface area contributed by atoms with Crippen LogP contribution in [0.3, 0.4) is 0 Å². The van der Waals surface area contributed by atoms with Crippen LogP contribution in [0.4, 0.5) is 0 Å². The molecule has 6 nitrogen and oxygen atoms in total. The third kappa shape index (κ3) is 17.7. The van der Waals surface area contributed by atoms with Crippen LogP contribution in [0.1, 0.15) is 127 Å². The van der Waals surface area contributed by atoms with E-state index in [4.69, 9.17) is 9.47 Å². The molecule has 2 rings (SSSR count). The monoisotopic (exact) mass is 680 g/mol. The predicted octanol–water partition coefficient (Wildman–Crippen LogP) is 9.52. The van der Waals surface area contributed by atoms with Gasteiger partial charge < -0.3 is 20.1 Å². The molecule has 0 aliphatic heterocycles. The topological polar surface area (TPSA) is 76.7 Å². The zero-order valence-corrected chi connectivity index (χ0v) is 31.3. The summed E-state index contributed by atoms with van der Waals surface area (Å²) in [7, 11) is 0. The summed E-state index contributed by atoms with van der Waals surface area (Å²) in [6, 6.07) is 15.1. The van der Waals surface area contributed by atoms with Gasteiger partial charge >= 0.3 is 0 Å². The molecule has 2 aromatic carbocycles. The predicted molar refractivity (Wildman–Crippen MR) is 198 cm³/mol. The van der Waals surface area contributed by atoms with E-state index in [1.165, 1.54) is 0 Å². The average molecular weight is 682 g/mol. The number of rotatable bonds is 21. The van der Waals surface area contributed by atoms with Gasteiger partial charge in [-0.05, 0) is 116 Å². The van der Waals surface area contributed by atoms with Crippen molar-refractivity contribution < 1.29 is 19.1 Å². The first-order valence-electron chi connectivity index (χ1n) is 16.9. The van der Waals surface area contributed by atoms with Gasteiger partial charge in [0.05, 0.1) is 13.2 Å². The molecule has 0 aromatic heterocycles. The number of Topliss-reactive ketones (excluding diaryl/α,β-unsaturated/α-hetero) is 2. The van der Waals surface area contributed by atoms with Gasteiger partial charge in [0.15, 0.2) is 11.6 Å². The molecule has 0 aliphatic rings. The van der Waals surface area contributed by atoms with Crippen LogP contribution in [0, 0.1) is 11.8 Å². The largest absolute Gasteiger partial charge is 0.494 e. The van der Waals surface area contributed by atoms with E-state index in [0.29, 0.717) is 50.3 Å². The smallest absolute Gasteiger partial charge is 0.167 e. The van der Waals surface area contributed by atoms with Crippen molar-refractivity contribution in [3.63, 3.8) is 0 Å². The average Bonchev–Trinajstić information content (AvgIpc) is 2.98. The van der Waals surface area contributed by atoms with Crippen molar-refractivity contribution in [2.75, 3.05) is 26.3 Å². The number of benzene rings is 2. The van der Waals surface area contributed by atoms with Gasteiger partial charge in [0, 0.05) is 47.1 Å². The standard InChI is InChI=1S/C38H60N2O4.2ClH/c1-9-11-13-25-43-33-21-17-29(18-22-33)35(41)31(27-39-37(3,4)5)15-16-32(28-40-38(6,7)8)36(42)30-19-23-34(24-20-30)44-26-14-12-10-2;;/h17-24,31-32,39-40H,9-16,25-28H2,1-8H3;2*1H. The van der Waals surface area contributed by atoms with Gasteiger partial charge in [-0.3, -0.25) is 9.59 Å². The number of hydrogen-bond donors (Lipinski definition) is 2. The fourth-order valence-electron chi connectivity index (χ4n) is 4.90. The van der Waals surface area contributed by atoms with Crippen LogP contribution in [0.5, 0.6) is 11.5 Å². The van der Waals surface area contributed by atoms with E-state index in [9.17, 15) is 9.59 Å². The van der Waals surface area contributed by atoms with Crippen LogP contribution in [0.2, 0.25) is 0 Å².